The predicted molar refractivity (Wildman–Crippen MR) is 65.9 cm³/mol. The molecule has 1 aromatic heterocycles. The van der Waals surface area contributed by atoms with Crippen LogP contribution in [0.5, 0.6) is 0 Å². The van der Waals surface area contributed by atoms with Gasteiger partial charge in [0.2, 0.25) is 0 Å². The first-order chi connectivity index (χ1) is 7.63. The molecule has 0 aromatic carbocycles. The summed E-state index contributed by atoms with van der Waals surface area (Å²) in [4.78, 5) is 11.3. The fraction of sp³-hybridized carbons (Fsp3) is 0.667. The van der Waals surface area contributed by atoms with Gasteiger partial charge in [0, 0.05) is 19.4 Å². The van der Waals surface area contributed by atoms with Crippen molar-refractivity contribution in [1.82, 2.24) is 9.78 Å². The van der Waals surface area contributed by atoms with Gasteiger partial charge >= 0.3 is 0 Å². The number of rotatable bonds is 6. The van der Waals surface area contributed by atoms with Gasteiger partial charge in [-0.05, 0) is 19.8 Å². The molecule has 0 aliphatic heterocycles. The van der Waals surface area contributed by atoms with Crippen molar-refractivity contribution < 1.29 is 4.79 Å². The lowest BCUT2D eigenvalue weighted by Crippen LogP contribution is -2.06. The number of hydrogen-bond donors (Lipinski definition) is 0. The fourth-order valence-electron chi connectivity index (χ4n) is 1.69. The minimum Gasteiger partial charge on any atom is -0.300 e. The second-order valence-electron chi connectivity index (χ2n) is 3.77. The van der Waals surface area contributed by atoms with Crippen LogP contribution < -0.4 is 0 Å². The van der Waals surface area contributed by atoms with Crippen LogP contribution in [0.15, 0.2) is 0 Å². The second kappa shape index (κ2) is 6.04. The van der Waals surface area contributed by atoms with E-state index in [1.165, 1.54) is 0 Å². The van der Waals surface area contributed by atoms with Crippen molar-refractivity contribution in [2.45, 2.75) is 53.0 Å². The molecule has 0 atom stereocenters. The molecule has 1 rings (SSSR count). The van der Waals surface area contributed by atoms with Crippen molar-refractivity contribution in [2.75, 3.05) is 0 Å². The number of halogens is 1. The number of aromatic nitrogens is 2. The van der Waals surface area contributed by atoms with E-state index in [0.29, 0.717) is 19.3 Å². The molecule has 0 saturated heterocycles. The average molecular weight is 243 g/mol. The molecule has 0 N–H and O–H groups in total. The Morgan fingerprint density at radius 3 is 2.56 bits per heavy atom. The van der Waals surface area contributed by atoms with Crippen molar-refractivity contribution >= 4 is 17.4 Å². The fourth-order valence-corrected chi connectivity index (χ4v) is 2.05. The van der Waals surface area contributed by atoms with Crippen molar-refractivity contribution in [3.63, 3.8) is 0 Å². The smallest absolute Gasteiger partial charge is 0.133 e. The summed E-state index contributed by atoms with van der Waals surface area (Å²) in [5, 5.41) is 5.17. The lowest BCUT2D eigenvalue weighted by molar-refractivity contribution is -0.118. The summed E-state index contributed by atoms with van der Waals surface area (Å²) in [7, 11) is 0. The Morgan fingerprint density at radius 2 is 2.06 bits per heavy atom. The molecule has 0 radical (unpaired) electrons. The number of Topliss-reactive ketones (excluding diaryl/α,β-unsaturated/α-hetero) is 1. The molecular formula is C12H19ClN2O. The standard InChI is InChI=1S/C12H19ClN2O/c1-4-9(16)7-8-11-12(13)10(5-2)14-15(11)6-3/h4-8H2,1-3H3. The quantitative estimate of drug-likeness (QED) is 0.769. The van der Waals surface area contributed by atoms with Crippen molar-refractivity contribution in [2.24, 2.45) is 0 Å². The summed E-state index contributed by atoms with van der Waals surface area (Å²) in [5.41, 5.74) is 1.94. The average Bonchev–Trinajstić information content (AvgIpc) is 2.62. The number of aryl methyl sites for hydroxylation is 2. The molecule has 90 valence electrons. The van der Waals surface area contributed by atoms with Gasteiger partial charge in [-0.1, -0.05) is 25.4 Å². The van der Waals surface area contributed by atoms with Crippen LogP contribution in [0, 0.1) is 0 Å². The van der Waals surface area contributed by atoms with Gasteiger partial charge in [-0.3, -0.25) is 9.48 Å². The minimum atomic E-state index is 0.276. The van der Waals surface area contributed by atoms with Crippen molar-refractivity contribution in [1.29, 1.82) is 0 Å². The SMILES string of the molecule is CCC(=O)CCc1c(Cl)c(CC)nn1CC. The van der Waals surface area contributed by atoms with Crippen LogP contribution in [0.1, 0.15) is 45.0 Å². The first kappa shape index (κ1) is 13.2. The Hall–Kier alpha value is -0.830. The molecule has 0 bridgehead atoms. The number of nitrogens with zero attached hydrogens (tertiary/aromatic N) is 2. The highest BCUT2D eigenvalue weighted by atomic mass is 35.5. The van der Waals surface area contributed by atoms with E-state index in [1.807, 2.05) is 25.5 Å². The largest absolute Gasteiger partial charge is 0.300 e. The minimum absolute atomic E-state index is 0.276. The molecule has 4 heteroatoms. The molecule has 1 heterocycles. The first-order valence-electron chi connectivity index (χ1n) is 5.89. The zero-order chi connectivity index (χ0) is 12.1. The van der Waals surface area contributed by atoms with Gasteiger partial charge in [0.1, 0.15) is 5.78 Å². The summed E-state index contributed by atoms with van der Waals surface area (Å²) < 4.78 is 1.91. The maximum Gasteiger partial charge on any atom is 0.133 e. The van der Waals surface area contributed by atoms with Crippen LogP contribution in [0.25, 0.3) is 0 Å². The third-order valence-electron chi connectivity index (χ3n) is 2.73. The third-order valence-corrected chi connectivity index (χ3v) is 3.17. The second-order valence-corrected chi connectivity index (χ2v) is 4.15. The van der Waals surface area contributed by atoms with Crippen LogP contribution in [0.3, 0.4) is 0 Å². The van der Waals surface area contributed by atoms with Gasteiger partial charge in [-0.25, -0.2) is 0 Å². The predicted octanol–water partition coefficient (Wildman–Crippen LogP) is 3.03. The van der Waals surface area contributed by atoms with Crippen LogP contribution in [-0.4, -0.2) is 15.6 Å². The van der Waals surface area contributed by atoms with Gasteiger partial charge in [0.05, 0.1) is 16.4 Å². The number of ketones is 1. The first-order valence-corrected chi connectivity index (χ1v) is 6.27. The Bertz CT molecular complexity index is 371. The summed E-state index contributed by atoms with van der Waals surface area (Å²) in [6.07, 6.45) is 2.69. The highest BCUT2D eigenvalue weighted by molar-refractivity contribution is 6.31. The van der Waals surface area contributed by atoms with E-state index in [4.69, 9.17) is 11.6 Å². The van der Waals surface area contributed by atoms with E-state index in [0.717, 1.165) is 29.4 Å². The van der Waals surface area contributed by atoms with Crippen LogP contribution in [0.2, 0.25) is 5.02 Å². The van der Waals surface area contributed by atoms with Crippen molar-refractivity contribution in [3.05, 3.63) is 16.4 Å². The van der Waals surface area contributed by atoms with E-state index in [1.54, 1.807) is 0 Å². The molecule has 0 saturated carbocycles. The highest BCUT2D eigenvalue weighted by Crippen LogP contribution is 2.23. The molecular weight excluding hydrogens is 224 g/mol. The zero-order valence-corrected chi connectivity index (χ0v) is 11.0. The lowest BCUT2D eigenvalue weighted by atomic mass is 10.1. The molecule has 0 aliphatic rings. The number of carbonyl (C=O) groups excluding carboxylic acids is 1. The molecule has 0 amide bonds. The van der Waals surface area contributed by atoms with Gasteiger partial charge in [-0.2, -0.15) is 5.10 Å². The normalized spacial score (nSPS) is 10.8. The van der Waals surface area contributed by atoms with Gasteiger partial charge < -0.3 is 0 Å². The van der Waals surface area contributed by atoms with Gasteiger partial charge in [0.15, 0.2) is 0 Å². The zero-order valence-electron chi connectivity index (χ0n) is 10.2. The van der Waals surface area contributed by atoms with Crippen LogP contribution in [-0.2, 0) is 24.2 Å². The van der Waals surface area contributed by atoms with E-state index in [9.17, 15) is 4.79 Å². The maximum absolute atomic E-state index is 11.3. The van der Waals surface area contributed by atoms with Gasteiger partial charge in [-0.15, -0.1) is 0 Å². The van der Waals surface area contributed by atoms with Crippen LogP contribution >= 0.6 is 11.6 Å². The van der Waals surface area contributed by atoms with Crippen LogP contribution in [0.4, 0.5) is 0 Å². The summed E-state index contributed by atoms with van der Waals surface area (Å²) in [6.45, 7) is 6.76. The molecule has 1 aromatic rings. The molecule has 3 nitrogen and oxygen atoms in total. The van der Waals surface area contributed by atoms with Crippen molar-refractivity contribution in [3.8, 4) is 0 Å². The van der Waals surface area contributed by atoms with E-state index in [2.05, 4.69) is 5.10 Å². The third kappa shape index (κ3) is 2.85. The summed E-state index contributed by atoms with van der Waals surface area (Å²) in [6, 6.07) is 0. The number of hydrogen-bond acceptors (Lipinski definition) is 2. The van der Waals surface area contributed by atoms with E-state index in [-0.39, 0.29) is 5.78 Å². The molecule has 0 fully saturated rings. The molecule has 0 unspecified atom stereocenters. The summed E-state index contributed by atoms with van der Waals surface area (Å²) >= 11 is 6.24. The highest BCUT2D eigenvalue weighted by Gasteiger charge is 2.14. The Balaban J connectivity index is 2.84. The topological polar surface area (TPSA) is 34.9 Å². The number of carbonyl (C=O) groups is 1. The molecule has 0 spiro atoms. The summed E-state index contributed by atoms with van der Waals surface area (Å²) in [5.74, 6) is 0.276. The molecule has 0 aliphatic carbocycles. The Labute approximate surface area is 102 Å². The van der Waals surface area contributed by atoms with E-state index < -0.39 is 0 Å². The van der Waals surface area contributed by atoms with Gasteiger partial charge in [0.25, 0.3) is 0 Å². The Morgan fingerprint density at radius 1 is 1.38 bits per heavy atom. The lowest BCUT2D eigenvalue weighted by Gasteiger charge is -2.04. The Kier molecular flexibility index (Phi) is 5.00. The monoisotopic (exact) mass is 242 g/mol. The maximum atomic E-state index is 11.3. The molecule has 16 heavy (non-hydrogen) atoms. The van der Waals surface area contributed by atoms with E-state index >= 15 is 0 Å².